The van der Waals surface area contributed by atoms with E-state index in [9.17, 15) is 14.4 Å². The predicted octanol–water partition coefficient (Wildman–Crippen LogP) is 2.18. The van der Waals surface area contributed by atoms with Crippen LogP contribution in [0.4, 0.5) is 10.5 Å². The lowest BCUT2D eigenvalue weighted by Gasteiger charge is -2.21. The Balaban J connectivity index is 1.64. The number of rotatable bonds is 7. The van der Waals surface area contributed by atoms with E-state index in [1.165, 1.54) is 12.0 Å². The Labute approximate surface area is 175 Å². The molecule has 3 rings (SSSR count). The Kier molecular flexibility index (Phi) is 6.56. The van der Waals surface area contributed by atoms with Crippen LogP contribution in [-0.4, -0.2) is 56.7 Å². The zero-order valence-electron chi connectivity index (χ0n) is 17.3. The van der Waals surface area contributed by atoms with E-state index >= 15 is 0 Å². The maximum absolute atomic E-state index is 12.7. The number of nitrogens with zero attached hydrogens (tertiary/aromatic N) is 2. The van der Waals surface area contributed by atoms with Crippen molar-refractivity contribution in [3.05, 3.63) is 65.2 Å². The van der Waals surface area contributed by atoms with Crippen LogP contribution in [0.15, 0.2) is 48.5 Å². The topological polar surface area (TPSA) is 88.2 Å². The highest BCUT2D eigenvalue weighted by Gasteiger charge is 2.38. The molecule has 158 valence electrons. The molecule has 0 spiro atoms. The number of nitrogens with one attached hydrogen (secondary N) is 1. The van der Waals surface area contributed by atoms with Crippen molar-refractivity contribution in [2.75, 3.05) is 32.7 Å². The first kappa shape index (κ1) is 21.2. The van der Waals surface area contributed by atoms with Crippen molar-refractivity contribution in [2.24, 2.45) is 0 Å². The Morgan fingerprint density at radius 3 is 2.57 bits per heavy atom. The lowest BCUT2D eigenvalue weighted by molar-refractivity contribution is -0.125. The van der Waals surface area contributed by atoms with E-state index < -0.39 is 18.1 Å². The van der Waals surface area contributed by atoms with E-state index in [-0.39, 0.29) is 19.1 Å². The first-order valence-electron chi connectivity index (χ1n) is 9.53. The van der Waals surface area contributed by atoms with Crippen molar-refractivity contribution in [1.29, 1.82) is 0 Å². The summed E-state index contributed by atoms with van der Waals surface area (Å²) in [6.07, 6.45) is -0.561. The third kappa shape index (κ3) is 4.89. The molecular weight excluding hydrogens is 386 g/mol. The SMILES string of the molecule is COC(=O)c1cccc(CN2C(=O)OC[C@H]2C(=O)NCc2ccc(N(C)C)cc2)c1. The van der Waals surface area contributed by atoms with Gasteiger partial charge in [-0.1, -0.05) is 24.3 Å². The summed E-state index contributed by atoms with van der Waals surface area (Å²) in [6.45, 7) is 0.489. The summed E-state index contributed by atoms with van der Waals surface area (Å²) in [4.78, 5) is 39.9. The Bertz CT molecular complexity index is 927. The third-order valence-corrected chi connectivity index (χ3v) is 4.90. The molecule has 0 unspecified atom stereocenters. The molecule has 0 saturated carbocycles. The van der Waals surface area contributed by atoms with Gasteiger partial charge in [0.15, 0.2) is 0 Å². The van der Waals surface area contributed by atoms with Crippen molar-refractivity contribution in [1.82, 2.24) is 10.2 Å². The van der Waals surface area contributed by atoms with Crippen molar-refractivity contribution < 1.29 is 23.9 Å². The molecule has 1 atom stereocenters. The molecule has 8 nitrogen and oxygen atoms in total. The summed E-state index contributed by atoms with van der Waals surface area (Å²) >= 11 is 0. The zero-order valence-corrected chi connectivity index (χ0v) is 17.3. The number of ether oxygens (including phenoxy) is 2. The van der Waals surface area contributed by atoms with Crippen molar-refractivity contribution >= 4 is 23.7 Å². The summed E-state index contributed by atoms with van der Waals surface area (Å²) in [6, 6.07) is 13.9. The van der Waals surface area contributed by atoms with Crippen molar-refractivity contribution in [3.63, 3.8) is 0 Å². The molecule has 30 heavy (non-hydrogen) atoms. The molecule has 1 N–H and O–H groups in total. The minimum atomic E-state index is -0.736. The number of benzene rings is 2. The van der Waals surface area contributed by atoms with Gasteiger partial charge in [-0.2, -0.15) is 0 Å². The van der Waals surface area contributed by atoms with Gasteiger partial charge < -0.3 is 19.7 Å². The van der Waals surface area contributed by atoms with Crippen LogP contribution < -0.4 is 10.2 Å². The van der Waals surface area contributed by atoms with E-state index in [0.717, 1.165) is 11.3 Å². The monoisotopic (exact) mass is 411 g/mol. The van der Waals surface area contributed by atoms with Crippen LogP contribution >= 0.6 is 0 Å². The van der Waals surface area contributed by atoms with E-state index in [0.29, 0.717) is 17.7 Å². The highest BCUT2D eigenvalue weighted by Crippen LogP contribution is 2.18. The molecule has 0 aromatic heterocycles. The summed E-state index contributed by atoms with van der Waals surface area (Å²) < 4.78 is 9.82. The van der Waals surface area contributed by atoms with Gasteiger partial charge in [0, 0.05) is 26.3 Å². The first-order valence-corrected chi connectivity index (χ1v) is 9.53. The third-order valence-electron chi connectivity index (χ3n) is 4.90. The number of hydrogen-bond acceptors (Lipinski definition) is 6. The molecule has 2 aromatic rings. The maximum Gasteiger partial charge on any atom is 0.410 e. The average Bonchev–Trinajstić information content (AvgIpc) is 3.12. The van der Waals surface area contributed by atoms with Crippen LogP contribution in [0.5, 0.6) is 0 Å². The number of cyclic esters (lactones) is 1. The van der Waals surface area contributed by atoms with Gasteiger partial charge in [-0.25, -0.2) is 9.59 Å². The van der Waals surface area contributed by atoms with Gasteiger partial charge in [-0.05, 0) is 35.4 Å². The van der Waals surface area contributed by atoms with Crippen LogP contribution in [0, 0.1) is 0 Å². The zero-order chi connectivity index (χ0) is 21.7. The second-order valence-corrected chi connectivity index (χ2v) is 7.19. The molecule has 1 aliphatic heterocycles. The minimum absolute atomic E-state index is 0.0130. The molecule has 1 saturated heterocycles. The fourth-order valence-electron chi connectivity index (χ4n) is 3.17. The van der Waals surface area contributed by atoms with Crippen LogP contribution in [-0.2, 0) is 27.4 Å². The van der Waals surface area contributed by atoms with Gasteiger partial charge in [0.2, 0.25) is 5.91 Å². The van der Waals surface area contributed by atoms with E-state index in [4.69, 9.17) is 9.47 Å². The largest absolute Gasteiger partial charge is 0.465 e. The summed E-state index contributed by atoms with van der Waals surface area (Å²) in [5.74, 6) is -0.753. The first-order chi connectivity index (χ1) is 14.4. The summed E-state index contributed by atoms with van der Waals surface area (Å²) in [5, 5.41) is 2.86. The lowest BCUT2D eigenvalue weighted by atomic mass is 10.1. The molecule has 0 aliphatic carbocycles. The summed E-state index contributed by atoms with van der Waals surface area (Å²) in [7, 11) is 5.23. The molecule has 0 bridgehead atoms. The molecule has 8 heteroatoms. The lowest BCUT2D eigenvalue weighted by Crippen LogP contribution is -2.45. The molecule has 0 radical (unpaired) electrons. The average molecular weight is 411 g/mol. The van der Waals surface area contributed by atoms with Gasteiger partial charge >= 0.3 is 12.1 Å². The molecule has 2 aromatic carbocycles. The Hall–Kier alpha value is -3.55. The predicted molar refractivity (Wildman–Crippen MR) is 111 cm³/mol. The van der Waals surface area contributed by atoms with Gasteiger partial charge in [0.1, 0.15) is 12.6 Å². The van der Waals surface area contributed by atoms with Crippen LogP contribution in [0.2, 0.25) is 0 Å². The number of amides is 2. The molecule has 1 fully saturated rings. The van der Waals surface area contributed by atoms with Gasteiger partial charge in [0.25, 0.3) is 0 Å². The van der Waals surface area contributed by atoms with Crippen molar-refractivity contribution in [3.8, 4) is 0 Å². The fourth-order valence-corrected chi connectivity index (χ4v) is 3.17. The number of carbonyl (C=O) groups is 3. The van der Waals surface area contributed by atoms with Gasteiger partial charge in [0.05, 0.1) is 19.2 Å². The van der Waals surface area contributed by atoms with E-state index in [2.05, 4.69) is 5.32 Å². The quantitative estimate of drug-likeness (QED) is 0.703. The van der Waals surface area contributed by atoms with Crippen LogP contribution in [0.25, 0.3) is 0 Å². The smallest absolute Gasteiger partial charge is 0.410 e. The molecular formula is C22H25N3O5. The number of methoxy groups -OCH3 is 1. The second-order valence-electron chi connectivity index (χ2n) is 7.19. The second kappa shape index (κ2) is 9.30. The number of esters is 1. The standard InChI is InChI=1S/C22H25N3O5/c1-24(2)18-9-7-15(8-10-18)12-23-20(26)19-14-30-22(28)25(19)13-16-5-4-6-17(11-16)21(27)29-3/h4-11,19H,12-14H2,1-3H3,(H,23,26)/t19-/m0/s1. The maximum atomic E-state index is 12.7. The number of anilines is 1. The van der Waals surface area contributed by atoms with E-state index in [1.54, 1.807) is 24.3 Å². The molecule has 2 amide bonds. The van der Waals surface area contributed by atoms with Crippen LogP contribution in [0.3, 0.4) is 0 Å². The highest BCUT2D eigenvalue weighted by molar-refractivity contribution is 5.90. The van der Waals surface area contributed by atoms with Crippen molar-refractivity contribution in [2.45, 2.75) is 19.1 Å². The fraction of sp³-hybridized carbons (Fsp3) is 0.318. The van der Waals surface area contributed by atoms with Gasteiger partial charge in [-0.3, -0.25) is 9.69 Å². The molecule has 1 heterocycles. The molecule has 1 aliphatic rings. The highest BCUT2D eigenvalue weighted by atomic mass is 16.6. The van der Waals surface area contributed by atoms with E-state index in [1.807, 2.05) is 43.3 Å². The van der Waals surface area contributed by atoms with Crippen LogP contribution in [0.1, 0.15) is 21.5 Å². The normalized spacial score (nSPS) is 15.5. The minimum Gasteiger partial charge on any atom is -0.465 e. The number of carbonyl (C=O) groups excluding carboxylic acids is 3. The number of hydrogen-bond donors (Lipinski definition) is 1. The summed E-state index contributed by atoms with van der Waals surface area (Å²) in [5.41, 5.74) is 3.11. The van der Waals surface area contributed by atoms with Gasteiger partial charge in [-0.15, -0.1) is 0 Å². The Morgan fingerprint density at radius 2 is 1.90 bits per heavy atom. The Morgan fingerprint density at radius 1 is 1.17 bits per heavy atom.